The zero-order valence-electron chi connectivity index (χ0n) is 16.1. The summed E-state index contributed by atoms with van der Waals surface area (Å²) in [5.74, 6) is -0.220. The van der Waals surface area contributed by atoms with Gasteiger partial charge in [0.1, 0.15) is 0 Å². The molecule has 0 aromatic heterocycles. The van der Waals surface area contributed by atoms with Crippen LogP contribution in [-0.2, 0) is 9.53 Å². The summed E-state index contributed by atoms with van der Waals surface area (Å²) in [6, 6.07) is 0. The van der Waals surface area contributed by atoms with Crippen LogP contribution >= 0.6 is 0 Å². The maximum absolute atomic E-state index is 11.4. The highest BCUT2D eigenvalue weighted by molar-refractivity contribution is 5.69. The lowest BCUT2D eigenvalue weighted by Crippen LogP contribution is -2.34. The summed E-state index contributed by atoms with van der Waals surface area (Å²) in [7, 11) is 0. The Bertz CT molecular complexity index is 272. The minimum absolute atomic E-state index is 0.185. The van der Waals surface area contributed by atoms with E-state index in [4.69, 9.17) is 16.2 Å². The first-order valence-corrected chi connectivity index (χ1v) is 10.4. The highest BCUT2D eigenvalue weighted by atomic mass is 16.6. The van der Waals surface area contributed by atoms with Crippen molar-refractivity contribution in [1.82, 2.24) is 0 Å². The van der Waals surface area contributed by atoms with Gasteiger partial charge in [-0.1, -0.05) is 96.8 Å². The molecule has 0 aliphatic rings. The number of nitrogens with two attached hydrogens (primary N) is 2. The molecular formula is C20H42N2O2. The first-order chi connectivity index (χ1) is 11.7. The molecule has 0 fully saturated rings. The van der Waals surface area contributed by atoms with Gasteiger partial charge in [0.2, 0.25) is 0 Å². The number of hydrogen-bond acceptors (Lipinski definition) is 4. The highest BCUT2D eigenvalue weighted by Gasteiger charge is 2.07. The van der Waals surface area contributed by atoms with E-state index in [0.717, 1.165) is 12.8 Å². The third kappa shape index (κ3) is 17.7. The fourth-order valence-electron chi connectivity index (χ4n) is 2.92. The van der Waals surface area contributed by atoms with Gasteiger partial charge in [0, 0.05) is 13.0 Å². The lowest BCUT2D eigenvalue weighted by atomic mass is 10.0. The summed E-state index contributed by atoms with van der Waals surface area (Å²) < 4.78 is 4.93. The van der Waals surface area contributed by atoms with Crippen molar-refractivity contribution in [3.05, 3.63) is 0 Å². The molecule has 0 aromatic rings. The fraction of sp³-hybridized carbons (Fsp3) is 0.950. The Labute approximate surface area is 150 Å². The lowest BCUT2D eigenvalue weighted by molar-refractivity contribution is -0.148. The van der Waals surface area contributed by atoms with Crippen LogP contribution in [0.15, 0.2) is 0 Å². The predicted octanol–water partition coefficient (Wildman–Crippen LogP) is 5.03. The molecule has 0 aromatic carbocycles. The summed E-state index contributed by atoms with van der Waals surface area (Å²) in [5.41, 5.74) is 10.8. The molecule has 4 heteroatoms. The molecule has 1 unspecified atom stereocenters. The molecule has 0 saturated heterocycles. The quantitative estimate of drug-likeness (QED) is 0.208. The van der Waals surface area contributed by atoms with Crippen molar-refractivity contribution in [1.29, 1.82) is 0 Å². The van der Waals surface area contributed by atoms with Crippen molar-refractivity contribution in [2.75, 3.05) is 6.54 Å². The molecule has 0 radical (unpaired) electrons. The van der Waals surface area contributed by atoms with Crippen LogP contribution in [0, 0.1) is 0 Å². The average Bonchev–Trinajstić information content (AvgIpc) is 2.58. The fourth-order valence-corrected chi connectivity index (χ4v) is 2.92. The van der Waals surface area contributed by atoms with Crippen molar-refractivity contribution in [3.63, 3.8) is 0 Å². The van der Waals surface area contributed by atoms with Gasteiger partial charge >= 0.3 is 5.97 Å². The van der Waals surface area contributed by atoms with Crippen LogP contribution in [0.5, 0.6) is 0 Å². The Hall–Kier alpha value is -0.610. The minimum Gasteiger partial charge on any atom is -0.445 e. The van der Waals surface area contributed by atoms with Crippen LogP contribution < -0.4 is 11.5 Å². The molecule has 1 atom stereocenters. The smallest absolute Gasteiger partial charge is 0.307 e. The molecule has 0 rings (SSSR count). The van der Waals surface area contributed by atoms with Crippen molar-refractivity contribution >= 4 is 5.97 Å². The van der Waals surface area contributed by atoms with Crippen LogP contribution in [0.4, 0.5) is 0 Å². The normalized spacial score (nSPS) is 12.3. The van der Waals surface area contributed by atoms with Crippen molar-refractivity contribution in [2.45, 2.75) is 116 Å². The Balaban J connectivity index is 3.11. The molecule has 144 valence electrons. The molecular weight excluding hydrogens is 300 g/mol. The molecule has 0 amide bonds. The van der Waals surface area contributed by atoms with Gasteiger partial charge in [-0.15, -0.1) is 0 Å². The number of rotatable bonds is 18. The molecule has 4 N–H and O–H groups in total. The number of carbonyl (C=O) groups excluding carboxylic acids is 1. The molecule has 0 saturated carbocycles. The Morgan fingerprint density at radius 2 is 1.12 bits per heavy atom. The van der Waals surface area contributed by atoms with Crippen LogP contribution in [0.3, 0.4) is 0 Å². The number of ether oxygens (including phenoxy) is 1. The average molecular weight is 343 g/mol. The number of carbonyl (C=O) groups is 1. The maximum Gasteiger partial charge on any atom is 0.307 e. The van der Waals surface area contributed by atoms with E-state index in [-0.39, 0.29) is 12.5 Å². The zero-order chi connectivity index (χ0) is 17.9. The predicted molar refractivity (Wildman–Crippen MR) is 103 cm³/mol. The SMILES string of the molecule is CCCCCCCCCCCCCCCCCC(=O)OC(N)CN. The summed E-state index contributed by atoms with van der Waals surface area (Å²) in [5, 5.41) is 0. The van der Waals surface area contributed by atoms with Gasteiger partial charge in [-0.2, -0.15) is 0 Å². The monoisotopic (exact) mass is 342 g/mol. The van der Waals surface area contributed by atoms with Crippen LogP contribution in [0.1, 0.15) is 110 Å². The van der Waals surface area contributed by atoms with Crippen LogP contribution in [0.25, 0.3) is 0 Å². The first-order valence-electron chi connectivity index (χ1n) is 10.4. The maximum atomic E-state index is 11.4. The van der Waals surface area contributed by atoms with E-state index in [2.05, 4.69) is 6.92 Å². The summed E-state index contributed by atoms with van der Waals surface area (Å²) >= 11 is 0. The van der Waals surface area contributed by atoms with Crippen LogP contribution in [0.2, 0.25) is 0 Å². The second kappa shape index (κ2) is 18.7. The molecule has 0 spiro atoms. The molecule has 0 aliphatic carbocycles. The van der Waals surface area contributed by atoms with Gasteiger partial charge in [-0.3, -0.25) is 10.5 Å². The first kappa shape index (κ1) is 23.4. The second-order valence-electron chi connectivity index (χ2n) is 6.96. The van der Waals surface area contributed by atoms with E-state index < -0.39 is 6.23 Å². The van der Waals surface area contributed by atoms with Gasteiger partial charge in [-0.05, 0) is 6.42 Å². The Morgan fingerprint density at radius 3 is 1.50 bits per heavy atom. The number of hydrogen-bond donors (Lipinski definition) is 2. The zero-order valence-corrected chi connectivity index (χ0v) is 16.1. The van der Waals surface area contributed by atoms with E-state index in [1.54, 1.807) is 0 Å². The topological polar surface area (TPSA) is 78.3 Å². The van der Waals surface area contributed by atoms with Gasteiger partial charge < -0.3 is 10.5 Å². The van der Waals surface area contributed by atoms with Crippen LogP contribution in [-0.4, -0.2) is 18.7 Å². The number of esters is 1. The van der Waals surface area contributed by atoms with E-state index in [1.165, 1.54) is 83.5 Å². The summed E-state index contributed by atoms with van der Waals surface area (Å²) in [6.07, 6.45) is 19.7. The standard InChI is InChI=1S/C20H42N2O2/c1-2-3-4-5-6-7-8-9-10-11-12-13-14-15-16-17-20(23)24-19(22)18-21/h19H,2-18,21-22H2,1H3. The van der Waals surface area contributed by atoms with Gasteiger partial charge in [0.25, 0.3) is 0 Å². The van der Waals surface area contributed by atoms with Crippen molar-refractivity contribution in [3.8, 4) is 0 Å². The highest BCUT2D eigenvalue weighted by Crippen LogP contribution is 2.13. The third-order valence-corrected chi connectivity index (χ3v) is 4.50. The second-order valence-corrected chi connectivity index (χ2v) is 6.96. The number of unbranched alkanes of at least 4 members (excludes halogenated alkanes) is 14. The van der Waals surface area contributed by atoms with Crippen molar-refractivity contribution < 1.29 is 9.53 Å². The van der Waals surface area contributed by atoms with E-state index in [1.807, 2.05) is 0 Å². The minimum atomic E-state index is -0.645. The molecule has 24 heavy (non-hydrogen) atoms. The van der Waals surface area contributed by atoms with E-state index >= 15 is 0 Å². The van der Waals surface area contributed by atoms with Gasteiger partial charge in [-0.25, -0.2) is 0 Å². The Kier molecular flexibility index (Phi) is 18.2. The Morgan fingerprint density at radius 1 is 0.750 bits per heavy atom. The van der Waals surface area contributed by atoms with Gasteiger partial charge in [0.05, 0.1) is 0 Å². The molecule has 4 nitrogen and oxygen atoms in total. The largest absolute Gasteiger partial charge is 0.445 e. The van der Waals surface area contributed by atoms with E-state index in [9.17, 15) is 4.79 Å². The third-order valence-electron chi connectivity index (χ3n) is 4.50. The van der Waals surface area contributed by atoms with Gasteiger partial charge in [0.15, 0.2) is 6.23 Å². The molecule has 0 bridgehead atoms. The molecule has 0 heterocycles. The van der Waals surface area contributed by atoms with Crippen molar-refractivity contribution in [2.24, 2.45) is 11.5 Å². The summed E-state index contributed by atoms with van der Waals surface area (Å²) in [4.78, 5) is 11.4. The van der Waals surface area contributed by atoms with E-state index in [0.29, 0.717) is 6.42 Å². The lowest BCUT2D eigenvalue weighted by Gasteiger charge is -2.10. The molecule has 0 aliphatic heterocycles. The summed E-state index contributed by atoms with van der Waals surface area (Å²) in [6.45, 7) is 2.46.